The maximum Gasteiger partial charge on any atom is 0.276 e. The lowest BCUT2D eigenvalue weighted by atomic mass is 10.1. The Hall–Kier alpha value is -5.01. The summed E-state index contributed by atoms with van der Waals surface area (Å²) in [5, 5.41) is 9.71. The molecule has 2 aromatic carbocycles. The van der Waals surface area contributed by atoms with E-state index in [1.54, 1.807) is 17.7 Å². The molecule has 41 heavy (non-hydrogen) atoms. The number of halogens is 2. The number of fused-ring (bicyclic) bond motifs is 1. The van der Waals surface area contributed by atoms with Crippen molar-refractivity contribution in [1.82, 2.24) is 24.8 Å². The first-order valence-electron chi connectivity index (χ1n) is 12.8. The first-order chi connectivity index (χ1) is 19.6. The number of nitrogens with two attached hydrogens (primary N) is 1. The molecule has 4 rings (SSSR count). The number of carbonyl (C=O) groups excluding carboxylic acids is 3. The molecule has 12 nitrogen and oxygen atoms in total. The predicted molar refractivity (Wildman–Crippen MR) is 147 cm³/mol. The zero-order valence-corrected chi connectivity index (χ0v) is 22.8. The molecular weight excluding hydrogens is 538 g/mol. The number of rotatable bonds is 12. The number of benzene rings is 2. The van der Waals surface area contributed by atoms with Gasteiger partial charge in [0.2, 0.25) is 17.8 Å². The van der Waals surface area contributed by atoms with E-state index in [2.05, 4.69) is 26.1 Å². The maximum atomic E-state index is 13.4. The lowest BCUT2D eigenvalue weighted by molar-refractivity contribution is -0.121. The van der Waals surface area contributed by atoms with Gasteiger partial charge >= 0.3 is 0 Å². The Balaban J connectivity index is 1.51. The average molecular weight is 569 g/mol. The number of primary amides is 1. The van der Waals surface area contributed by atoms with Crippen molar-refractivity contribution in [3.05, 3.63) is 70.5 Å². The van der Waals surface area contributed by atoms with E-state index < -0.39 is 23.4 Å². The van der Waals surface area contributed by atoms with Crippen molar-refractivity contribution in [2.24, 2.45) is 5.73 Å². The van der Waals surface area contributed by atoms with Crippen LogP contribution in [0.5, 0.6) is 5.75 Å². The summed E-state index contributed by atoms with van der Waals surface area (Å²) in [6.45, 7) is 4.38. The van der Waals surface area contributed by atoms with Crippen molar-refractivity contribution in [2.75, 3.05) is 24.4 Å². The molecule has 2 aromatic heterocycles. The Morgan fingerprint density at radius 2 is 1.80 bits per heavy atom. The summed E-state index contributed by atoms with van der Waals surface area (Å²) in [5.41, 5.74) is 10.9. The van der Waals surface area contributed by atoms with Crippen LogP contribution in [0.15, 0.2) is 36.4 Å². The normalized spacial score (nSPS) is 11.0. The molecule has 216 valence electrons. The van der Waals surface area contributed by atoms with Gasteiger partial charge in [-0.05, 0) is 56.2 Å². The molecule has 14 heteroatoms. The molecule has 5 N–H and O–H groups in total. The molecule has 0 aliphatic rings. The Kier molecular flexibility index (Phi) is 8.80. The van der Waals surface area contributed by atoms with Gasteiger partial charge in [0.15, 0.2) is 0 Å². The smallest absolute Gasteiger partial charge is 0.276 e. The second-order valence-electron chi connectivity index (χ2n) is 9.19. The largest absolute Gasteiger partial charge is 0.494 e. The summed E-state index contributed by atoms with van der Waals surface area (Å²) < 4.78 is 35.3. The summed E-state index contributed by atoms with van der Waals surface area (Å²) in [6, 6.07) is 7.66. The molecule has 2 heterocycles. The highest BCUT2D eigenvalue weighted by Gasteiger charge is 2.21. The molecule has 0 radical (unpaired) electrons. The zero-order valence-electron chi connectivity index (χ0n) is 22.8. The van der Waals surface area contributed by atoms with Crippen molar-refractivity contribution >= 4 is 34.7 Å². The third kappa shape index (κ3) is 6.77. The van der Waals surface area contributed by atoms with Crippen LogP contribution in [-0.4, -0.2) is 50.8 Å². The van der Waals surface area contributed by atoms with E-state index in [9.17, 15) is 23.2 Å². The Morgan fingerprint density at radius 3 is 2.46 bits per heavy atom. The van der Waals surface area contributed by atoms with E-state index in [-0.39, 0.29) is 42.7 Å². The van der Waals surface area contributed by atoms with Gasteiger partial charge in [0, 0.05) is 37.7 Å². The molecule has 0 spiro atoms. The third-order valence-electron chi connectivity index (χ3n) is 6.14. The summed E-state index contributed by atoms with van der Waals surface area (Å²) in [6.07, 6.45) is 0.469. The molecule has 0 saturated heterocycles. The number of amides is 3. The van der Waals surface area contributed by atoms with Crippen LogP contribution >= 0.6 is 0 Å². The third-order valence-corrected chi connectivity index (χ3v) is 6.14. The standard InChI is InChI=1S/C27H30F2N8O4/c1-4-36-21(8-15(2)35-36)26(40)34-27-33-20-11-17(25(30)39)12-22(41-3)24(20)37(27)32-7-5-6-23(38)31-14-16-9-18(28)13-19(29)10-16/h8-13,32H,4-7,14H2,1-3H3,(H2,30,39)(H,31,38)(H,33,34,40). The number of hydrogen-bond acceptors (Lipinski definition) is 7. The summed E-state index contributed by atoms with van der Waals surface area (Å²) in [4.78, 5) is 41.8. The molecule has 0 aliphatic carbocycles. The van der Waals surface area contributed by atoms with E-state index in [1.165, 1.54) is 23.9 Å². The van der Waals surface area contributed by atoms with Gasteiger partial charge in [0.1, 0.15) is 28.6 Å². The van der Waals surface area contributed by atoms with Crippen molar-refractivity contribution < 1.29 is 27.9 Å². The first kappa shape index (κ1) is 29.0. The van der Waals surface area contributed by atoms with E-state index >= 15 is 0 Å². The van der Waals surface area contributed by atoms with Crippen LogP contribution in [-0.2, 0) is 17.9 Å². The van der Waals surface area contributed by atoms with Crippen LogP contribution in [0, 0.1) is 18.6 Å². The highest BCUT2D eigenvalue weighted by atomic mass is 19.1. The van der Waals surface area contributed by atoms with Gasteiger partial charge in [-0.25, -0.2) is 18.4 Å². The predicted octanol–water partition coefficient (Wildman–Crippen LogP) is 2.84. The van der Waals surface area contributed by atoms with E-state index in [0.29, 0.717) is 41.0 Å². The topological polar surface area (TPSA) is 158 Å². The summed E-state index contributed by atoms with van der Waals surface area (Å²) in [7, 11) is 1.42. The quantitative estimate of drug-likeness (QED) is 0.191. The number of imidazole rings is 1. The van der Waals surface area contributed by atoms with Crippen LogP contribution < -0.4 is 26.5 Å². The molecule has 0 fully saturated rings. The van der Waals surface area contributed by atoms with Gasteiger partial charge in [-0.15, -0.1) is 0 Å². The number of carbonyl (C=O) groups is 3. The molecule has 0 atom stereocenters. The Labute approximate surface area is 233 Å². The van der Waals surface area contributed by atoms with Gasteiger partial charge in [-0.2, -0.15) is 5.10 Å². The number of aromatic nitrogens is 4. The fourth-order valence-corrected chi connectivity index (χ4v) is 4.29. The Bertz CT molecular complexity index is 1590. The summed E-state index contributed by atoms with van der Waals surface area (Å²) >= 11 is 0. The van der Waals surface area contributed by atoms with Crippen LogP contribution in [0.4, 0.5) is 14.7 Å². The van der Waals surface area contributed by atoms with Crippen molar-refractivity contribution in [1.29, 1.82) is 0 Å². The number of nitrogens with one attached hydrogen (secondary N) is 3. The molecule has 4 aromatic rings. The zero-order chi connectivity index (χ0) is 29.7. The number of ether oxygens (including phenoxy) is 1. The number of aryl methyl sites for hydroxylation is 2. The van der Waals surface area contributed by atoms with Crippen molar-refractivity contribution in [3.63, 3.8) is 0 Å². The maximum absolute atomic E-state index is 13.4. The molecular formula is C27H30F2N8O4. The Morgan fingerprint density at radius 1 is 1.07 bits per heavy atom. The molecule has 3 amide bonds. The van der Waals surface area contributed by atoms with E-state index in [4.69, 9.17) is 10.5 Å². The number of hydrogen-bond donors (Lipinski definition) is 4. The van der Waals surface area contributed by atoms with Crippen molar-refractivity contribution in [3.8, 4) is 5.75 Å². The molecule has 0 unspecified atom stereocenters. The van der Waals surface area contributed by atoms with Gasteiger partial charge < -0.3 is 21.2 Å². The van der Waals surface area contributed by atoms with Crippen LogP contribution in [0.25, 0.3) is 11.0 Å². The van der Waals surface area contributed by atoms with Gasteiger partial charge in [-0.3, -0.25) is 24.4 Å². The minimum Gasteiger partial charge on any atom is -0.494 e. The molecule has 0 saturated carbocycles. The van der Waals surface area contributed by atoms with Crippen LogP contribution in [0.2, 0.25) is 0 Å². The number of methoxy groups -OCH3 is 1. The molecule has 0 bridgehead atoms. The number of anilines is 1. The fourth-order valence-electron chi connectivity index (χ4n) is 4.29. The summed E-state index contributed by atoms with van der Waals surface area (Å²) in [5.74, 6) is -2.48. The monoisotopic (exact) mass is 568 g/mol. The fraction of sp³-hybridized carbons (Fsp3) is 0.296. The van der Waals surface area contributed by atoms with Gasteiger partial charge in [-0.1, -0.05) is 0 Å². The minimum atomic E-state index is -0.721. The second kappa shape index (κ2) is 12.4. The van der Waals surface area contributed by atoms with Crippen LogP contribution in [0.1, 0.15) is 51.9 Å². The second-order valence-corrected chi connectivity index (χ2v) is 9.19. The molecule has 0 aliphatic heterocycles. The average Bonchev–Trinajstić information content (AvgIpc) is 3.48. The van der Waals surface area contributed by atoms with E-state index in [1.807, 2.05) is 6.92 Å². The highest BCUT2D eigenvalue weighted by Crippen LogP contribution is 2.30. The lowest BCUT2D eigenvalue weighted by Gasteiger charge is -2.14. The van der Waals surface area contributed by atoms with Gasteiger partial charge in [0.25, 0.3) is 5.91 Å². The lowest BCUT2D eigenvalue weighted by Crippen LogP contribution is -2.26. The number of nitrogens with zero attached hydrogens (tertiary/aromatic N) is 4. The van der Waals surface area contributed by atoms with E-state index in [0.717, 1.165) is 18.2 Å². The minimum absolute atomic E-state index is 0.0174. The van der Waals surface area contributed by atoms with Crippen molar-refractivity contribution in [2.45, 2.75) is 39.8 Å². The van der Waals surface area contributed by atoms with Crippen LogP contribution in [0.3, 0.4) is 0 Å². The highest BCUT2D eigenvalue weighted by molar-refractivity contribution is 6.04. The first-order valence-corrected chi connectivity index (χ1v) is 12.8. The van der Waals surface area contributed by atoms with Gasteiger partial charge in [0.05, 0.1) is 18.3 Å². The SMILES string of the molecule is CCn1nc(C)cc1C(=O)Nc1nc2cc(C(N)=O)cc(OC)c2n1NCCCC(=O)NCc1cc(F)cc(F)c1.